The second-order valence-corrected chi connectivity index (χ2v) is 8.59. The molecule has 0 fully saturated rings. The predicted octanol–water partition coefficient (Wildman–Crippen LogP) is 7.92. The van der Waals surface area contributed by atoms with Crippen molar-refractivity contribution in [1.82, 2.24) is 0 Å². The first kappa shape index (κ1) is 23.7. The number of carbonyl (C=O) groups excluding carboxylic acids is 1. The SMILES string of the molecule is N#C/C(=C\c1cc(Cl)cc(Cl)c1OCc1cccc2ccccc12)C(=O)Nc1ccccc1Cl. The number of para-hydroxylation sites is 1. The number of nitrogens with zero attached hydrogens (tertiary/aromatic N) is 1. The first-order valence-corrected chi connectivity index (χ1v) is 11.4. The second kappa shape index (κ2) is 10.6. The number of ether oxygens (including phenoxy) is 1. The molecule has 0 unspecified atom stereocenters. The van der Waals surface area contributed by atoms with Gasteiger partial charge in [-0.1, -0.05) is 89.4 Å². The van der Waals surface area contributed by atoms with Crippen LogP contribution >= 0.6 is 34.8 Å². The van der Waals surface area contributed by atoms with Crippen LogP contribution < -0.4 is 10.1 Å². The van der Waals surface area contributed by atoms with E-state index in [-0.39, 0.29) is 17.2 Å². The molecule has 7 heteroatoms. The van der Waals surface area contributed by atoms with Gasteiger partial charge in [0.2, 0.25) is 0 Å². The average Bonchev–Trinajstić information content (AvgIpc) is 2.83. The molecule has 0 saturated heterocycles. The van der Waals surface area contributed by atoms with Gasteiger partial charge in [0.05, 0.1) is 15.7 Å². The maximum atomic E-state index is 12.7. The molecule has 4 rings (SSSR count). The number of rotatable bonds is 6. The fraction of sp³-hybridized carbons (Fsp3) is 0.0370. The average molecular weight is 508 g/mol. The van der Waals surface area contributed by atoms with Crippen molar-refractivity contribution in [2.24, 2.45) is 0 Å². The molecule has 34 heavy (non-hydrogen) atoms. The van der Waals surface area contributed by atoms with Crippen LogP contribution in [0.2, 0.25) is 15.1 Å². The van der Waals surface area contributed by atoms with Crippen LogP contribution in [0.1, 0.15) is 11.1 Å². The highest BCUT2D eigenvalue weighted by atomic mass is 35.5. The summed E-state index contributed by atoms with van der Waals surface area (Å²) < 4.78 is 6.08. The van der Waals surface area contributed by atoms with Crippen molar-refractivity contribution in [1.29, 1.82) is 5.26 Å². The van der Waals surface area contributed by atoms with Gasteiger partial charge in [-0.15, -0.1) is 0 Å². The van der Waals surface area contributed by atoms with Crippen LogP contribution in [0.5, 0.6) is 5.75 Å². The Kier molecular flexibility index (Phi) is 7.40. The lowest BCUT2D eigenvalue weighted by atomic mass is 10.1. The van der Waals surface area contributed by atoms with Gasteiger partial charge in [0.25, 0.3) is 5.91 Å². The third-order valence-electron chi connectivity index (χ3n) is 5.08. The van der Waals surface area contributed by atoms with Crippen LogP contribution in [0, 0.1) is 11.3 Å². The van der Waals surface area contributed by atoms with Crippen molar-refractivity contribution >= 4 is 63.2 Å². The monoisotopic (exact) mass is 506 g/mol. The van der Waals surface area contributed by atoms with E-state index in [0.29, 0.717) is 27.0 Å². The summed E-state index contributed by atoms with van der Waals surface area (Å²) in [4.78, 5) is 12.7. The molecular formula is C27H17Cl3N2O2. The highest BCUT2D eigenvalue weighted by Crippen LogP contribution is 2.35. The lowest BCUT2D eigenvalue weighted by Gasteiger charge is -2.14. The number of benzene rings is 4. The Bertz CT molecular complexity index is 1450. The van der Waals surface area contributed by atoms with Crippen molar-refractivity contribution in [3.63, 3.8) is 0 Å². The van der Waals surface area contributed by atoms with Gasteiger partial charge in [-0.25, -0.2) is 0 Å². The molecule has 4 aromatic carbocycles. The van der Waals surface area contributed by atoms with Gasteiger partial charge in [0, 0.05) is 10.6 Å². The smallest absolute Gasteiger partial charge is 0.266 e. The molecule has 0 aliphatic heterocycles. The van der Waals surface area contributed by atoms with E-state index in [4.69, 9.17) is 39.5 Å². The topological polar surface area (TPSA) is 62.1 Å². The Labute approximate surface area is 211 Å². The van der Waals surface area contributed by atoms with E-state index in [1.165, 1.54) is 6.08 Å². The zero-order valence-electron chi connectivity index (χ0n) is 17.7. The van der Waals surface area contributed by atoms with Gasteiger partial charge < -0.3 is 10.1 Å². The number of amides is 1. The summed E-state index contributed by atoms with van der Waals surface area (Å²) in [7, 11) is 0. The molecule has 0 heterocycles. The molecule has 0 atom stereocenters. The first-order chi connectivity index (χ1) is 16.5. The molecule has 0 aromatic heterocycles. The van der Waals surface area contributed by atoms with Gasteiger partial charge in [0.1, 0.15) is 24.0 Å². The molecule has 1 amide bonds. The van der Waals surface area contributed by atoms with Gasteiger partial charge in [0.15, 0.2) is 0 Å². The zero-order valence-corrected chi connectivity index (χ0v) is 20.0. The van der Waals surface area contributed by atoms with Crippen molar-refractivity contribution < 1.29 is 9.53 Å². The van der Waals surface area contributed by atoms with E-state index in [2.05, 4.69) is 5.32 Å². The number of hydrogen-bond donors (Lipinski definition) is 1. The summed E-state index contributed by atoms with van der Waals surface area (Å²) in [5.41, 5.74) is 1.61. The third kappa shape index (κ3) is 5.35. The quantitative estimate of drug-likeness (QED) is 0.213. The van der Waals surface area contributed by atoms with Crippen molar-refractivity contribution in [3.8, 4) is 11.8 Å². The number of halogens is 3. The number of carbonyl (C=O) groups is 1. The van der Waals surface area contributed by atoms with E-state index in [1.807, 2.05) is 48.5 Å². The van der Waals surface area contributed by atoms with E-state index in [9.17, 15) is 10.1 Å². The Hall–Kier alpha value is -3.49. The predicted molar refractivity (Wildman–Crippen MR) is 138 cm³/mol. The highest BCUT2D eigenvalue weighted by Gasteiger charge is 2.16. The standard InChI is InChI=1S/C27H17Cl3N2O2/c28-21-13-19(12-20(15-31)27(33)32-25-11-4-3-10-23(25)29)26(24(30)14-21)34-16-18-8-5-7-17-6-1-2-9-22(17)18/h1-14H,16H2,(H,32,33)/b20-12+. The van der Waals surface area contributed by atoms with E-state index in [1.54, 1.807) is 36.4 Å². The molecule has 4 aromatic rings. The lowest BCUT2D eigenvalue weighted by molar-refractivity contribution is -0.112. The Morgan fingerprint density at radius 2 is 1.68 bits per heavy atom. The van der Waals surface area contributed by atoms with Gasteiger partial charge >= 0.3 is 0 Å². The number of nitrogens with one attached hydrogen (secondary N) is 1. The van der Waals surface area contributed by atoms with Gasteiger partial charge in [-0.3, -0.25) is 4.79 Å². The first-order valence-electron chi connectivity index (χ1n) is 10.2. The number of hydrogen-bond acceptors (Lipinski definition) is 3. The normalized spacial score (nSPS) is 11.2. The van der Waals surface area contributed by atoms with Crippen LogP contribution in [0.4, 0.5) is 5.69 Å². The lowest BCUT2D eigenvalue weighted by Crippen LogP contribution is -2.13. The molecule has 168 valence electrons. The Balaban J connectivity index is 1.65. The zero-order chi connectivity index (χ0) is 24.1. The fourth-order valence-electron chi connectivity index (χ4n) is 3.46. The Morgan fingerprint density at radius 1 is 0.941 bits per heavy atom. The molecule has 1 N–H and O–H groups in total. The third-order valence-corrected chi connectivity index (χ3v) is 5.90. The number of anilines is 1. The van der Waals surface area contributed by atoms with E-state index < -0.39 is 5.91 Å². The maximum Gasteiger partial charge on any atom is 0.266 e. The van der Waals surface area contributed by atoms with Crippen molar-refractivity contribution in [2.45, 2.75) is 6.61 Å². The molecule has 0 radical (unpaired) electrons. The van der Waals surface area contributed by atoms with Crippen LogP contribution in [0.3, 0.4) is 0 Å². The molecule has 0 aliphatic rings. The summed E-state index contributed by atoms with van der Waals surface area (Å²) in [5.74, 6) is -0.302. The van der Waals surface area contributed by atoms with Crippen LogP contribution in [0.15, 0.2) is 84.4 Å². The van der Waals surface area contributed by atoms with Gasteiger partial charge in [-0.2, -0.15) is 5.26 Å². The summed E-state index contributed by atoms with van der Waals surface area (Å²) >= 11 is 18.8. The number of nitriles is 1. The molecule has 0 bridgehead atoms. The molecular weight excluding hydrogens is 491 g/mol. The summed E-state index contributed by atoms with van der Waals surface area (Å²) in [5, 5.41) is 15.4. The van der Waals surface area contributed by atoms with Crippen LogP contribution in [-0.2, 0) is 11.4 Å². The summed E-state index contributed by atoms with van der Waals surface area (Å²) in [6, 6.07) is 25.8. The van der Waals surface area contributed by atoms with E-state index >= 15 is 0 Å². The Morgan fingerprint density at radius 3 is 2.47 bits per heavy atom. The highest BCUT2D eigenvalue weighted by molar-refractivity contribution is 6.36. The summed E-state index contributed by atoms with van der Waals surface area (Å²) in [6.45, 7) is 0.233. The maximum absolute atomic E-state index is 12.7. The number of fused-ring (bicyclic) bond motifs is 1. The van der Waals surface area contributed by atoms with Crippen LogP contribution in [0.25, 0.3) is 16.8 Å². The fourth-order valence-corrected chi connectivity index (χ4v) is 4.21. The largest absolute Gasteiger partial charge is 0.487 e. The second-order valence-electron chi connectivity index (χ2n) is 7.34. The molecule has 4 nitrogen and oxygen atoms in total. The minimum absolute atomic E-state index is 0.159. The van der Waals surface area contributed by atoms with Crippen molar-refractivity contribution in [3.05, 3.63) is 111 Å². The van der Waals surface area contributed by atoms with Crippen molar-refractivity contribution in [2.75, 3.05) is 5.32 Å². The molecule has 0 spiro atoms. The van der Waals surface area contributed by atoms with Crippen LogP contribution in [-0.4, -0.2) is 5.91 Å². The molecule has 0 saturated carbocycles. The minimum atomic E-state index is -0.619. The van der Waals surface area contributed by atoms with E-state index in [0.717, 1.165) is 16.3 Å². The molecule has 0 aliphatic carbocycles. The minimum Gasteiger partial charge on any atom is -0.487 e. The summed E-state index contributed by atoms with van der Waals surface area (Å²) in [6.07, 6.45) is 1.39. The van der Waals surface area contributed by atoms with Gasteiger partial charge in [-0.05, 0) is 46.7 Å².